The van der Waals surface area contributed by atoms with Crippen LogP contribution < -0.4 is 0 Å². The molecule has 1 rings (SSSR count). The van der Waals surface area contributed by atoms with Crippen LogP contribution in [-0.4, -0.2) is 4.75 Å². The molecule has 0 aromatic carbocycles. The van der Waals surface area contributed by atoms with Gasteiger partial charge in [-0.15, -0.1) is 0 Å². The van der Waals surface area contributed by atoms with Gasteiger partial charge in [0.1, 0.15) is 0 Å². The third-order valence-electron chi connectivity index (χ3n) is 1.68. The first kappa shape index (κ1) is 5.49. The lowest BCUT2D eigenvalue weighted by Gasteiger charge is -2.12. The molecule has 0 bridgehead atoms. The van der Waals surface area contributed by atoms with Crippen LogP contribution in [0.1, 0.15) is 32.6 Å². The Morgan fingerprint density at radius 2 is 1.71 bits per heavy atom. The van der Waals surface area contributed by atoms with E-state index < -0.39 is 0 Å². The molecule has 0 N–H and O–H groups in total. The molecular formula is C6H12S. The van der Waals surface area contributed by atoms with E-state index in [1.54, 1.807) is 0 Å². The van der Waals surface area contributed by atoms with Gasteiger partial charge < -0.3 is 0 Å². The SMILES string of the molecule is CC1(S)CCCC1. The van der Waals surface area contributed by atoms with Crippen molar-refractivity contribution in [2.75, 3.05) is 0 Å². The second kappa shape index (κ2) is 1.70. The van der Waals surface area contributed by atoms with Crippen LogP contribution in [0.2, 0.25) is 0 Å². The van der Waals surface area contributed by atoms with Crippen molar-refractivity contribution < 1.29 is 0 Å². The van der Waals surface area contributed by atoms with Gasteiger partial charge in [0.05, 0.1) is 0 Å². The molecule has 0 spiro atoms. The lowest BCUT2D eigenvalue weighted by atomic mass is 10.1. The summed E-state index contributed by atoms with van der Waals surface area (Å²) >= 11 is 4.45. The Kier molecular flexibility index (Phi) is 1.33. The first-order chi connectivity index (χ1) is 3.21. The Morgan fingerprint density at radius 3 is 1.86 bits per heavy atom. The maximum Gasteiger partial charge on any atom is 0.0101 e. The highest BCUT2D eigenvalue weighted by Crippen LogP contribution is 2.34. The van der Waals surface area contributed by atoms with Gasteiger partial charge in [0.25, 0.3) is 0 Å². The van der Waals surface area contributed by atoms with Crippen LogP contribution >= 0.6 is 12.6 Å². The molecule has 1 heteroatoms. The highest BCUT2D eigenvalue weighted by atomic mass is 32.1. The molecule has 0 saturated heterocycles. The van der Waals surface area contributed by atoms with Crippen molar-refractivity contribution >= 4 is 12.6 Å². The van der Waals surface area contributed by atoms with Crippen LogP contribution in [0, 0.1) is 0 Å². The summed E-state index contributed by atoms with van der Waals surface area (Å²) in [6.07, 6.45) is 5.41. The van der Waals surface area contributed by atoms with Crippen LogP contribution in [0.5, 0.6) is 0 Å². The van der Waals surface area contributed by atoms with Crippen molar-refractivity contribution in [3.63, 3.8) is 0 Å². The molecule has 0 radical (unpaired) electrons. The maximum absolute atomic E-state index is 4.45. The summed E-state index contributed by atoms with van der Waals surface area (Å²) in [5.74, 6) is 0. The normalized spacial score (nSPS) is 28.3. The van der Waals surface area contributed by atoms with E-state index in [2.05, 4.69) is 19.6 Å². The highest BCUT2D eigenvalue weighted by Gasteiger charge is 2.23. The second-order valence-corrected chi connectivity index (χ2v) is 3.78. The molecule has 0 amide bonds. The lowest BCUT2D eigenvalue weighted by Crippen LogP contribution is -2.07. The zero-order valence-electron chi connectivity index (χ0n) is 4.78. The number of hydrogen-bond donors (Lipinski definition) is 1. The van der Waals surface area contributed by atoms with Crippen molar-refractivity contribution in [3.8, 4) is 0 Å². The molecule has 1 aliphatic carbocycles. The van der Waals surface area contributed by atoms with E-state index in [-0.39, 0.29) is 0 Å². The summed E-state index contributed by atoms with van der Waals surface area (Å²) in [6, 6.07) is 0. The van der Waals surface area contributed by atoms with E-state index in [1.165, 1.54) is 25.7 Å². The summed E-state index contributed by atoms with van der Waals surface area (Å²) in [5, 5.41) is 0. The van der Waals surface area contributed by atoms with Gasteiger partial charge in [-0.25, -0.2) is 0 Å². The standard InChI is InChI=1S/C6H12S/c1-6(7)4-2-3-5-6/h7H,2-5H2,1H3. The lowest BCUT2D eigenvalue weighted by molar-refractivity contribution is 0.679. The fourth-order valence-electron chi connectivity index (χ4n) is 1.14. The Morgan fingerprint density at radius 1 is 1.29 bits per heavy atom. The minimum atomic E-state index is 0.389. The van der Waals surface area contributed by atoms with Crippen LogP contribution in [0.3, 0.4) is 0 Å². The van der Waals surface area contributed by atoms with Crippen molar-refractivity contribution in [2.24, 2.45) is 0 Å². The first-order valence-corrected chi connectivity index (χ1v) is 3.38. The molecule has 0 atom stereocenters. The average Bonchev–Trinajstić information content (AvgIpc) is 1.84. The minimum absolute atomic E-state index is 0.389. The maximum atomic E-state index is 4.45. The summed E-state index contributed by atoms with van der Waals surface area (Å²) in [4.78, 5) is 0. The van der Waals surface area contributed by atoms with E-state index in [0.717, 1.165) is 0 Å². The van der Waals surface area contributed by atoms with Crippen LogP contribution in [0.15, 0.2) is 0 Å². The number of hydrogen-bond acceptors (Lipinski definition) is 1. The molecule has 0 aromatic heterocycles. The Bertz CT molecular complexity index is 58.6. The van der Waals surface area contributed by atoms with Gasteiger partial charge >= 0.3 is 0 Å². The number of rotatable bonds is 0. The fraction of sp³-hybridized carbons (Fsp3) is 1.00. The van der Waals surface area contributed by atoms with Gasteiger partial charge in [-0.2, -0.15) is 12.6 Å². The summed E-state index contributed by atoms with van der Waals surface area (Å²) in [7, 11) is 0. The van der Waals surface area contributed by atoms with Gasteiger partial charge in [-0.05, 0) is 12.8 Å². The van der Waals surface area contributed by atoms with Crippen LogP contribution in [-0.2, 0) is 0 Å². The largest absolute Gasteiger partial charge is 0.173 e. The van der Waals surface area contributed by atoms with E-state index in [1.807, 2.05) is 0 Å². The first-order valence-electron chi connectivity index (χ1n) is 2.93. The van der Waals surface area contributed by atoms with Gasteiger partial charge in [0, 0.05) is 4.75 Å². The van der Waals surface area contributed by atoms with Crippen molar-refractivity contribution in [2.45, 2.75) is 37.4 Å². The summed E-state index contributed by atoms with van der Waals surface area (Å²) < 4.78 is 0.389. The van der Waals surface area contributed by atoms with E-state index in [0.29, 0.717) is 4.75 Å². The molecule has 42 valence electrons. The predicted octanol–water partition coefficient (Wildman–Crippen LogP) is 2.25. The quantitative estimate of drug-likeness (QED) is 0.461. The van der Waals surface area contributed by atoms with Crippen LogP contribution in [0.25, 0.3) is 0 Å². The topological polar surface area (TPSA) is 0 Å². The molecular weight excluding hydrogens is 104 g/mol. The smallest absolute Gasteiger partial charge is 0.0101 e. The molecule has 0 nitrogen and oxygen atoms in total. The molecule has 1 fully saturated rings. The Labute approximate surface area is 50.7 Å². The highest BCUT2D eigenvalue weighted by molar-refractivity contribution is 7.81. The minimum Gasteiger partial charge on any atom is -0.173 e. The predicted molar refractivity (Wildman–Crippen MR) is 35.9 cm³/mol. The third-order valence-corrected chi connectivity index (χ3v) is 2.13. The van der Waals surface area contributed by atoms with Gasteiger partial charge in [0.15, 0.2) is 0 Å². The molecule has 0 aliphatic heterocycles. The molecule has 1 aliphatic rings. The average molecular weight is 116 g/mol. The molecule has 7 heavy (non-hydrogen) atoms. The fourth-order valence-corrected chi connectivity index (χ4v) is 1.45. The van der Waals surface area contributed by atoms with Gasteiger partial charge in [-0.3, -0.25) is 0 Å². The van der Waals surface area contributed by atoms with E-state index >= 15 is 0 Å². The zero-order valence-corrected chi connectivity index (χ0v) is 5.67. The van der Waals surface area contributed by atoms with E-state index in [9.17, 15) is 0 Å². The second-order valence-electron chi connectivity index (χ2n) is 2.70. The Balaban J connectivity index is 2.40. The molecule has 0 heterocycles. The molecule has 1 saturated carbocycles. The molecule has 0 unspecified atom stereocenters. The van der Waals surface area contributed by atoms with Gasteiger partial charge in [-0.1, -0.05) is 19.8 Å². The monoisotopic (exact) mass is 116 g/mol. The van der Waals surface area contributed by atoms with Crippen molar-refractivity contribution in [3.05, 3.63) is 0 Å². The Hall–Kier alpha value is 0.350. The summed E-state index contributed by atoms with van der Waals surface area (Å²) in [5.41, 5.74) is 0. The zero-order chi connectivity index (χ0) is 5.33. The van der Waals surface area contributed by atoms with Gasteiger partial charge in [0.2, 0.25) is 0 Å². The third kappa shape index (κ3) is 1.37. The summed E-state index contributed by atoms with van der Waals surface area (Å²) in [6.45, 7) is 2.23. The van der Waals surface area contributed by atoms with Crippen LogP contribution in [0.4, 0.5) is 0 Å². The van der Waals surface area contributed by atoms with Crippen molar-refractivity contribution in [1.29, 1.82) is 0 Å². The molecule has 0 aromatic rings. The van der Waals surface area contributed by atoms with Crippen molar-refractivity contribution in [1.82, 2.24) is 0 Å². The number of thiol groups is 1. The van der Waals surface area contributed by atoms with E-state index in [4.69, 9.17) is 0 Å².